The maximum absolute atomic E-state index is 13.0. The topological polar surface area (TPSA) is 103 Å². The fraction of sp³-hybridized carbons (Fsp3) is 0.409. The lowest BCUT2D eigenvalue weighted by Gasteiger charge is -2.12. The molecule has 0 radical (unpaired) electrons. The molecule has 31 heavy (non-hydrogen) atoms. The summed E-state index contributed by atoms with van der Waals surface area (Å²) in [4.78, 5) is 17.9. The maximum Gasteiger partial charge on any atom is 0.252 e. The second-order valence-electron chi connectivity index (χ2n) is 7.96. The van der Waals surface area contributed by atoms with E-state index in [0.717, 1.165) is 11.1 Å². The number of benzene rings is 1. The van der Waals surface area contributed by atoms with Gasteiger partial charge in [-0.15, -0.1) is 0 Å². The molecular weight excluding hydrogens is 416 g/mol. The van der Waals surface area contributed by atoms with E-state index in [1.54, 1.807) is 17.9 Å². The van der Waals surface area contributed by atoms with Gasteiger partial charge in [0.25, 0.3) is 5.91 Å². The van der Waals surface area contributed by atoms with E-state index in [1.165, 1.54) is 0 Å². The van der Waals surface area contributed by atoms with Crippen molar-refractivity contribution in [2.45, 2.75) is 26.3 Å². The fourth-order valence-electron chi connectivity index (χ4n) is 3.95. The second-order valence-corrected chi connectivity index (χ2v) is 10.2. The lowest BCUT2D eigenvalue weighted by molar-refractivity contribution is 0.0938. The van der Waals surface area contributed by atoms with Crippen molar-refractivity contribution in [2.75, 3.05) is 31.8 Å². The first kappa shape index (κ1) is 21.5. The lowest BCUT2D eigenvalue weighted by Crippen LogP contribution is -2.27. The van der Waals surface area contributed by atoms with E-state index < -0.39 is 9.84 Å². The van der Waals surface area contributed by atoms with Gasteiger partial charge >= 0.3 is 0 Å². The molecule has 1 N–H and O–H groups in total. The molecule has 3 heterocycles. The van der Waals surface area contributed by atoms with Crippen molar-refractivity contribution in [2.24, 2.45) is 0 Å². The number of nitrogens with one attached hydrogen (secondary N) is 1. The van der Waals surface area contributed by atoms with Crippen LogP contribution in [0.3, 0.4) is 0 Å². The van der Waals surface area contributed by atoms with E-state index in [-0.39, 0.29) is 23.5 Å². The Labute approximate surface area is 181 Å². The molecular formula is C22H26N4O4S. The van der Waals surface area contributed by atoms with Gasteiger partial charge in [0.15, 0.2) is 15.5 Å². The first-order valence-corrected chi connectivity index (χ1v) is 12.1. The third-order valence-electron chi connectivity index (χ3n) is 5.57. The average molecular weight is 443 g/mol. The van der Waals surface area contributed by atoms with Crippen molar-refractivity contribution in [3.05, 3.63) is 47.2 Å². The van der Waals surface area contributed by atoms with Crippen LogP contribution in [0.15, 0.2) is 30.3 Å². The van der Waals surface area contributed by atoms with Crippen molar-refractivity contribution in [1.82, 2.24) is 20.1 Å². The largest absolute Gasteiger partial charge is 0.383 e. The van der Waals surface area contributed by atoms with Gasteiger partial charge in [-0.05, 0) is 26.3 Å². The minimum Gasteiger partial charge on any atom is -0.383 e. The van der Waals surface area contributed by atoms with Crippen LogP contribution in [0.25, 0.3) is 22.3 Å². The molecule has 1 saturated heterocycles. The normalized spacial score (nSPS) is 17.8. The van der Waals surface area contributed by atoms with Crippen LogP contribution in [0.1, 0.15) is 34.1 Å². The monoisotopic (exact) mass is 442 g/mol. The van der Waals surface area contributed by atoms with Crippen LogP contribution in [-0.4, -0.2) is 60.9 Å². The molecule has 0 bridgehead atoms. The quantitative estimate of drug-likeness (QED) is 0.588. The zero-order valence-electron chi connectivity index (χ0n) is 17.9. The third-order valence-corrected chi connectivity index (χ3v) is 7.33. The third kappa shape index (κ3) is 4.33. The smallest absolute Gasteiger partial charge is 0.252 e. The first-order valence-electron chi connectivity index (χ1n) is 10.2. The number of amides is 1. The Kier molecular flexibility index (Phi) is 5.81. The number of sulfone groups is 1. The van der Waals surface area contributed by atoms with Crippen LogP contribution in [0, 0.1) is 13.8 Å². The summed E-state index contributed by atoms with van der Waals surface area (Å²) in [5, 5.41) is 8.13. The van der Waals surface area contributed by atoms with E-state index in [4.69, 9.17) is 9.72 Å². The van der Waals surface area contributed by atoms with Crippen LogP contribution in [0.5, 0.6) is 0 Å². The minimum absolute atomic E-state index is 0.0367. The molecule has 1 atom stereocenters. The van der Waals surface area contributed by atoms with Gasteiger partial charge in [-0.25, -0.2) is 18.1 Å². The molecule has 1 fully saturated rings. The summed E-state index contributed by atoms with van der Waals surface area (Å²) in [6.07, 6.45) is 0.490. The molecule has 0 unspecified atom stereocenters. The SMILES string of the molecule is COCCNC(=O)c1cc(-c2ccc(C)cc2)nc2c1c(C)nn2[C@@H]1CCS(=O)(=O)C1. The average Bonchev–Trinajstić information content (AvgIpc) is 3.27. The summed E-state index contributed by atoms with van der Waals surface area (Å²) in [5.41, 5.74) is 4.31. The van der Waals surface area contributed by atoms with E-state index >= 15 is 0 Å². The van der Waals surface area contributed by atoms with E-state index in [9.17, 15) is 13.2 Å². The molecule has 1 aromatic carbocycles. The van der Waals surface area contributed by atoms with Gasteiger partial charge in [0, 0.05) is 19.2 Å². The van der Waals surface area contributed by atoms with Gasteiger partial charge in [-0.1, -0.05) is 29.8 Å². The van der Waals surface area contributed by atoms with Gasteiger partial charge in [-0.2, -0.15) is 5.10 Å². The standard InChI is InChI=1S/C22H26N4O4S/c1-14-4-6-16(7-5-14)19-12-18(22(27)23-9-10-30-3)20-15(2)25-26(21(20)24-19)17-8-11-31(28,29)13-17/h4-7,12,17H,8-11,13H2,1-3H3,(H,23,27)/t17-/m1/s1. The number of hydrogen-bond donors (Lipinski definition) is 1. The number of carbonyl (C=O) groups excluding carboxylic acids is 1. The Bertz CT molecular complexity index is 1230. The molecule has 4 rings (SSSR count). The second kappa shape index (κ2) is 8.39. The van der Waals surface area contributed by atoms with E-state index in [0.29, 0.717) is 47.6 Å². The summed E-state index contributed by atoms with van der Waals surface area (Å²) in [6.45, 7) is 4.62. The molecule has 0 aliphatic carbocycles. The van der Waals surface area contributed by atoms with Crippen LogP contribution in [0.4, 0.5) is 0 Å². The molecule has 164 valence electrons. The molecule has 0 spiro atoms. The number of aryl methyl sites for hydroxylation is 2. The number of pyridine rings is 1. The molecule has 0 saturated carbocycles. The van der Waals surface area contributed by atoms with Gasteiger partial charge in [0.2, 0.25) is 0 Å². The van der Waals surface area contributed by atoms with Gasteiger partial charge in [-0.3, -0.25) is 4.79 Å². The Morgan fingerprint density at radius 2 is 2.00 bits per heavy atom. The Hall–Kier alpha value is -2.78. The number of rotatable bonds is 6. The Morgan fingerprint density at radius 1 is 1.26 bits per heavy atom. The van der Waals surface area contributed by atoms with Crippen LogP contribution < -0.4 is 5.32 Å². The highest BCUT2D eigenvalue weighted by atomic mass is 32.2. The predicted octanol–water partition coefficient (Wildman–Crippen LogP) is 2.45. The number of hydrogen-bond acceptors (Lipinski definition) is 6. The summed E-state index contributed by atoms with van der Waals surface area (Å²) >= 11 is 0. The molecule has 1 amide bonds. The Morgan fingerprint density at radius 3 is 2.65 bits per heavy atom. The molecule has 9 heteroatoms. The van der Waals surface area contributed by atoms with Crippen molar-refractivity contribution in [1.29, 1.82) is 0 Å². The predicted molar refractivity (Wildman–Crippen MR) is 119 cm³/mol. The van der Waals surface area contributed by atoms with Gasteiger partial charge in [0.1, 0.15) is 0 Å². The van der Waals surface area contributed by atoms with Gasteiger partial charge < -0.3 is 10.1 Å². The summed E-state index contributed by atoms with van der Waals surface area (Å²) in [6, 6.07) is 9.40. The highest BCUT2D eigenvalue weighted by molar-refractivity contribution is 7.91. The van der Waals surface area contributed by atoms with Crippen molar-refractivity contribution < 1.29 is 17.9 Å². The number of carbonyl (C=O) groups is 1. The zero-order valence-corrected chi connectivity index (χ0v) is 18.7. The summed E-state index contributed by atoms with van der Waals surface area (Å²) < 4.78 is 30.9. The summed E-state index contributed by atoms with van der Waals surface area (Å²) in [5.74, 6) is -0.0609. The minimum atomic E-state index is -3.09. The number of fused-ring (bicyclic) bond motifs is 1. The number of nitrogens with zero attached hydrogens (tertiary/aromatic N) is 3. The lowest BCUT2D eigenvalue weighted by atomic mass is 10.0. The van der Waals surface area contributed by atoms with E-state index in [1.807, 2.05) is 38.1 Å². The van der Waals surface area contributed by atoms with Crippen LogP contribution in [-0.2, 0) is 14.6 Å². The number of ether oxygens (including phenoxy) is 1. The van der Waals surface area contributed by atoms with Crippen molar-refractivity contribution in [3.8, 4) is 11.3 Å². The molecule has 1 aliphatic rings. The molecule has 3 aromatic rings. The highest BCUT2D eigenvalue weighted by Crippen LogP contribution is 2.32. The number of aromatic nitrogens is 3. The van der Waals surface area contributed by atoms with Crippen molar-refractivity contribution >= 4 is 26.8 Å². The van der Waals surface area contributed by atoms with Crippen molar-refractivity contribution in [3.63, 3.8) is 0 Å². The first-order chi connectivity index (χ1) is 14.8. The molecule has 8 nitrogen and oxygen atoms in total. The van der Waals surface area contributed by atoms with E-state index in [2.05, 4.69) is 10.4 Å². The molecule has 2 aromatic heterocycles. The fourth-order valence-corrected chi connectivity index (χ4v) is 5.64. The van der Waals surface area contributed by atoms with Crippen LogP contribution >= 0.6 is 0 Å². The summed E-state index contributed by atoms with van der Waals surface area (Å²) in [7, 11) is -1.51. The Balaban J connectivity index is 1.88. The van der Waals surface area contributed by atoms with Gasteiger partial charge in [0.05, 0.1) is 46.5 Å². The zero-order chi connectivity index (χ0) is 22.2. The number of methoxy groups -OCH3 is 1. The van der Waals surface area contributed by atoms with Crippen LogP contribution in [0.2, 0.25) is 0 Å². The maximum atomic E-state index is 13.0. The molecule has 1 aliphatic heterocycles. The highest BCUT2D eigenvalue weighted by Gasteiger charge is 2.32.